The van der Waals surface area contributed by atoms with Crippen LogP contribution < -0.4 is 5.73 Å². The van der Waals surface area contributed by atoms with E-state index >= 15 is 0 Å². The van der Waals surface area contributed by atoms with Gasteiger partial charge in [0.25, 0.3) is 0 Å². The van der Waals surface area contributed by atoms with Crippen molar-refractivity contribution in [1.29, 1.82) is 0 Å². The van der Waals surface area contributed by atoms with Gasteiger partial charge in [0.1, 0.15) is 6.26 Å². The van der Waals surface area contributed by atoms with Gasteiger partial charge in [0, 0.05) is 29.7 Å². The number of carbonyl (C=O) groups is 1. The van der Waals surface area contributed by atoms with E-state index in [1.807, 2.05) is 17.0 Å². The molecule has 2 unspecified atom stereocenters. The molecule has 1 aliphatic heterocycles. The molecule has 1 saturated heterocycles. The second-order valence-electron chi connectivity index (χ2n) is 6.34. The molecular weight excluding hydrogens is 326 g/mol. The average molecular weight is 348 g/mol. The SMILES string of the molecule is CC1CCCN(C(=O)Cc2coc(-c3ccc(Cl)cc3)n2)C1CN. The Morgan fingerprint density at radius 1 is 1.42 bits per heavy atom. The van der Waals surface area contributed by atoms with Crippen molar-refractivity contribution in [2.75, 3.05) is 13.1 Å². The lowest BCUT2D eigenvalue weighted by Crippen LogP contribution is -2.51. The van der Waals surface area contributed by atoms with Crippen LogP contribution in [-0.2, 0) is 11.2 Å². The molecule has 1 amide bonds. The summed E-state index contributed by atoms with van der Waals surface area (Å²) in [6, 6.07) is 7.38. The van der Waals surface area contributed by atoms with Gasteiger partial charge in [-0.2, -0.15) is 0 Å². The van der Waals surface area contributed by atoms with Gasteiger partial charge in [0.2, 0.25) is 11.8 Å². The van der Waals surface area contributed by atoms with Crippen molar-refractivity contribution in [3.63, 3.8) is 0 Å². The van der Waals surface area contributed by atoms with Crippen molar-refractivity contribution < 1.29 is 9.21 Å². The Balaban J connectivity index is 1.70. The van der Waals surface area contributed by atoms with Gasteiger partial charge < -0.3 is 15.1 Å². The fourth-order valence-corrected chi connectivity index (χ4v) is 3.41. The molecule has 3 rings (SSSR count). The fraction of sp³-hybridized carbons (Fsp3) is 0.444. The number of rotatable bonds is 4. The molecule has 5 nitrogen and oxygen atoms in total. The third-order valence-electron chi connectivity index (χ3n) is 4.65. The molecule has 0 saturated carbocycles. The number of hydrogen-bond acceptors (Lipinski definition) is 4. The van der Waals surface area contributed by atoms with Crippen LogP contribution in [0.4, 0.5) is 0 Å². The summed E-state index contributed by atoms with van der Waals surface area (Å²) in [7, 11) is 0. The first kappa shape index (κ1) is 17.0. The van der Waals surface area contributed by atoms with E-state index in [4.69, 9.17) is 21.8 Å². The maximum atomic E-state index is 12.6. The van der Waals surface area contributed by atoms with Crippen molar-refractivity contribution in [3.05, 3.63) is 41.2 Å². The normalized spacial score (nSPS) is 21.0. The molecule has 2 N–H and O–H groups in total. The third kappa shape index (κ3) is 3.62. The van der Waals surface area contributed by atoms with E-state index in [2.05, 4.69) is 11.9 Å². The zero-order valence-electron chi connectivity index (χ0n) is 13.7. The molecule has 24 heavy (non-hydrogen) atoms. The number of likely N-dealkylation sites (tertiary alicyclic amines) is 1. The standard InChI is InChI=1S/C18H22ClN3O2/c1-12-3-2-8-22(16(12)10-20)17(23)9-15-11-24-18(21-15)13-4-6-14(19)7-5-13/h4-7,11-12,16H,2-3,8-10,20H2,1H3. The first-order valence-corrected chi connectivity index (χ1v) is 8.66. The van der Waals surface area contributed by atoms with Crippen LogP contribution in [-0.4, -0.2) is 34.9 Å². The van der Waals surface area contributed by atoms with Gasteiger partial charge in [-0.1, -0.05) is 18.5 Å². The largest absolute Gasteiger partial charge is 0.444 e. The molecule has 1 aromatic heterocycles. The average Bonchev–Trinajstić information content (AvgIpc) is 3.03. The highest BCUT2D eigenvalue weighted by atomic mass is 35.5. The van der Waals surface area contributed by atoms with Gasteiger partial charge in [0.05, 0.1) is 12.1 Å². The van der Waals surface area contributed by atoms with Crippen molar-refractivity contribution in [2.45, 2.75) is 32.2 Å². The summed E-state index contributed by atoms with van der Waals surface area (Å²) in [5, 5.41) is 0.660. The number of hydrogen-bond donors (Lipinski definition) is 1. The van der Waals surface area contributed by atoms with Crippen LogP contribution in [0.3, 0.4) is 0 Å². The number of benzene rings is 1. The van der Waals surface area contributed by atoms with E-state index in [-0.39, 0.29) is 18.4 Å². The van der Waals surface area contributed by atoms with Gasteiger partial charge in [0.15, 0.2) is 0 Å². The molecule has 1 aliphatic rings. The number of piperidine rings is 1. The van der Waals surface area contributed by atoms with Gasteiger partial charge in [-0.3, -0.25) is 4.79 Å². The summed E-state index contributed by atoms with van der Waals surface area (Å²) >= 11 is 5.89. The minimum Gasteiger partial charge on any atom is -0.444 e. The lowest BCUT2D eigenvalue weighted by atomic mass is 9.90. The molecule has 0 spiro atoms. The second-order valence-corrected chi connectivity index (χ2v) is 6.77. The van der Waals surface area contributed by atoms with Crippen molar-refractivity contribution >= 4 is 17.5 Å². The van der Waals surface area contributed by atoms with Crippen molar-refractivity contribution in [1.82, 2.24) is 9.88 Å². The Bertz CT molecular complexity index is 699. The molecule has 0 radical (unpaired) electrons. The number of amides is 1. The molecule has 2 heterocycles. The highest BCUT2D eigenvalue weighted by Crippen LogP contribution is 2.24. The Morgan fingerprint density at radius 2 is 2.17 bits per heavy atom. The third-order valence-corrected chi connectivity index (χ3v) is 4.90. The van der Waals surface area contributed by atoms with Gasteiger partial charge in [-0.05, 0) is 43.0 Å². The number of nitrogens with two attached hydrogens (primary N) is 1. The van der Waals surface area contributed by atoms with Crippen LogP contribution in [0.5, 0.6) is 0 Å². The van der Waals surface area contributed by atoms with Crippen molar-refractivity contribution in [3.8, 4) is 11.5 Å². The minimum atomic E-state index is 0.0629. The molecular formula is C18H22ClN3O2. The Kier molecular flexibility index (Phi) is 5.21. The smallest absolute Gasteiger partial charge is 0.229 e. The highest BCUT2D eigenvalue weighted by Gasteiger charge is 2.31. The van der Waals surface area contributed by atoms with Crippen LogP contribution in [0.25, 0.3) is 11.5 Å². The fourth-order valence-electron chi connectivity index (χ4n) is 3.29. The first-order valence-electron chi connectivity index (χ1n) is 8.28. The van der Waals surface area contributed by atoms with Gasteiger partial charge >= 0.3 is 0 Å². The zero-order chi connectivity index (χ0) is 17.1. The monoisotopic (exact) mass is 347 g/mol. The maximum absolute atomic E-state index is 12.6. The number of halogens is 1. The summed E-state index contributed by atoms with van der Waals surface area (Å²) in [4.78, 5) is 19.0. The molecule has 128 valence electrons. The lowest BCUT2D eigenvalue weighted by Gasteiger charge is -2.39. The number of carbonyl (C=O) groups excluding carboxylic acids is 1. The predicted octanol–water partition coefficient (Wildman–Crippen LogP) is 3.12. The molecule has 2 aromatic rings. The van der Waals surface area contributed by atoms with E-state index in [0.717, 1.165) is 24.9 Å². The maximum Gasteiger partial charge on any atom is 0.229 e. The Hall–Kier alpha value is -1.85. The van der Waals surface area contributed by atoms with E-state index in [9.17, 15) is 4.79 Å². The topological polar surface area (TPSA) is 72.4 Å². The molecule has 1 aromatic carbocycles. The Morgan fingerprint density at radius 3 is 2.88 bits per heavy atom. The molecule has 2 atom stereocenters. The van der Waals surface area contributed by atoms with Gasteiger partial charge in [-0.25, -0.2) is 4.98 Å². The van der Waals surface area contributed by atoms with E-state index in [0.29, 0.717) is 29.1 Å². The van der Waals surface area contributed by atoms with Crippen molar-refractivity contribution in [2.24, 2.45) is 11.7 Å². The van der Waals surface area contributed by atoms with Crippen LogP contribution in [0.2, 0.25) is 5.02 Å². The summed E-state index contributed by atoms with van der Waals surface area (Å²) in [6.07, 6.45) is 3.93. The first-order chi connectivity index (χ1) is 11.6. The van der Waals surface area contributed by atoms with Crippen LogP contribution in [0.15, 0.2) is 34.9 Å². The van der Waals surface area contributed by atoms with E-state index in [1.54, 1.807) is 18.4 Å². The summed E-state index contributed by atoms with van der Waals surface area (Å²) < 4.78 is 5.50. The molecule has 6 heteroatoms. The number of oxazole rings is 1. The summed E-state index contributed by atoms with van der Waals surface area (Å²) in [5.74, 6) is 0.999. The minimum absolute atomic E-state index is 0.0629. The highest BCUT2D eigenvalue weighted by molar-refractivity contribution is 6.30. The number of nitrogens with zero attached hydrogens (tertiary/aromatic N) is 2. The predicted molar refractivity (Wildman–Crippen MR) is 93.6 cm³/mol. The summed E-state index contributed by atoms with van der Waals surface area (Å²) in [5.41, 5.74) is 7.34. The lowest BCUT2D eigenvalue weighted by molar-refractivity contribution is -0.135. The Labute approximate surface area is 146 Å². The second kappa shape index (κ2) is 7.36. The molecule has 0 aliphatic carbocycles. The van der Waals surface area contributed by atoms with Crippen LogP contribution >= 0.6 is 11.6 Å². The molecule has 1 fully saturated rings. The van der Waals surface area contributed by atoms with E-state index < -0.39 is 0 Å². The zero-order valence-corrected chi connectivity index (χ0v) is 14.5. The van der Waals surface area contributed by atoms with Gasteiger partial charge in [-0.15, -0.1) is 0 Å². The van der Waals surface area contributed by atoms with Crippen LogP contribution in [0, 0.1) is 5.92 Å². The van der Waals surface area contributed by atoms with E-state index in [1.165, 1.54) is 0 Å². The number of aromatic nitrogens is 1. The molecule has 0 bridgehead atoms. The summed E-state index contributed by atoms with van der Waals surface area (Å²) in [6.45, 7) is 3.43. The quantitative estimate of drug-likeness (QED) is 0.922. The van der Waals surface area contributed by atoms with Crippen LogP contribution in [0.1, 0.15) is 25.5 Å².